The molecule has 0 aliphatic heterocycles. The van der Waals surface area contributed by atoms with Crippen LogP contribution in [0.2, 0.25) is 0 Å². The van der Waals surface area contributed by atoms with Crippen molar-refractivity contribution in [3.05, 3.63) is 65.9 Å². The van der Waals surface area contributed by atoms with E-state index >= 15 is 0 Å². The van der Waals surface area contributed by atoms with Gasteiger partial charge in [0.25, 0.3) is 0 Å². The number of carboxylic acid groups (broad SMARTS) is 1. The van der Waals surface area contributed by atoms with Crippen LogP contribution in [-0.2, 0) is 27.2 Å². The van der Waals surface area contributed by atoms with Crippen molar-refractivity contribution in [3.8, 4) is 5.75 Å². The van der Waals surface area contributed by atoms with E-state index < -0.39 is 23.8 Å². The molecule has 34 heavy (non-hydrogen) atoms. The normalized spacial score (nSPS) is 12.6. The van der Waals surface area contributed by atoms with Crippen molar-refractivity contribution in [2.75, 3.05) is 14.2 Å². The second-order valence-corrected chi connectivity index (χ2v) is 8.27. The van der Waals surface area contributed by atoms with Crippen LogP contribution < -0.4 is 15.4 Å². The van der Waals surface area contributed by atoms with E-state index in [9.17, 15) is 19.5 Å². The molecule has 0 unspecified atom stereocenters. The molecule has 3 aromatic rings. The fraction of sp³-hybridized carbons (Fsp3) is 0.346. The summed E-state index contributed by atoms with van der Waals surface area (Å²) < 4.78 is 5.16. The van der Waals surface area contributed by atoms with Crippen LogP contribution in [0.3, 0.4) is 0 Å². The lowest BCUT2D eigenvalue weighted by Gasteiger charge is -2.21. The molecule has 0 aliphatic rings. The molecule has 0 radical (unpaired) electrons. The van der Waals surface area contributed by atoms with E-state index in [1.54, 1.807) is 7.11 Å². The third-order valence-corrected chi connectivity index (χ3v) is 5.95. The molecule has 3 rings (SSSR count). The van der Waals surface area contributed by atoms with Crippen molar-refractivity contribution >= 4 is 28.7 Å². The van der Waals surface area contributed by atoms with Gasteiger partial charge in [0.05, 0.1) is 13.5 Å². The first-order chi connectivity index (χ1) is 16.4. The van der Waals surface area contributed by atoms with E-state index in [1.165, 1.54) is 7.05 Å². The van der Waals surface area contributed by atoms with Crippen molar-refractivity contribution in [1.29, 1.82) is 0 Å². The van der Waals surface area contributed by atoms with Crippen LogP contribution in [0.4, 0.5) is 0 Å². The van der Waals surface area contributed by atoms with E-state index in [0.717, 1.165) is 27.8 Å². The van der Waals surface area contributed by atoms with E-state index in [-0.39, 0.29) is 12.3 Å². The number of benzene rings is 2. The van der Waals surface area contributed by atoms with Crippen LogP contribution in [-0.4, -0.2) is 48.1 Å². The Morgan fingerprint density at radius 3 is 2.47 bits per heavy atom. The highest BCUT2D eigenvalue weighted by Crippen LogP contribution is 2.21. The Kier molecular flexibility index (Phi) is 8.67. The number of H-pyrrole nitrogens is 1. The van der Waals surface area contributed by atoms with E-state index in [4.69, 9.17) is 4.74 Å². The highest BCUT2D eigenvalue weighted by atomic mass is 16.5. The Labute approximate surface area is 198 Å². The zero-order chi connectivity index (χ0) is 24.5. The number of fused-ring (bicyclic) bond motifs is 1. The second-order valence-electron chi connectivity index (χ2n) is 8.27. The lowest BCUT2D eigenvalue weighted by molar-refractivity contribution is -0.141. The first-order valence-corrected chi connectivity index (χ1v) is 11.3. The number of aryl methyl sites for hydroxylation is 1. The summed E-state index contributed by atoms with van der Waals surface area (Å²) in [6.07, 6.45) is 3.59. The summed E-state index contributed by atoms with van der Waals surface area (Å²) in [7, 11) is 3.12. The molecule has 8 nitrogen and oxygen atoms in total. The van der Waals surface area contributed by atoms with Gasteiger partial charge in [-0.3, -0.25) is 14.4 Å². The number of amides is 2. The highest BCUT2D eigenvalue weighted by molar-refractivity contribution is 5.91. The number of hydrogen-bond acceptors (Lipinski definition) is 4. The van der Waals surface area contributed by atoms with Crippen molar-refractivity contribution < 1.29 is 24.2 Å². The monoisotopic (exact) mass is 465 g/mol. The first-order valence-electron chi connectivity index (χ1n) is 11.3. The predicted molar refractivity (Wildman–Crippen MR) is 130 cm³/mol. The Morgan fingerprint density at radius 1 is 1.06 bits per heavy atom. The summed E-state index contributed by atoms with van der Waals surface area (Å²) in [5, 5.41) is 15.7. The van der Waals surface area contributed by atoms with E-state index in [1.807, 2.05) is 54.7 Å². The molecule has 0 saturated carbocycles. The molecule has 8 heteroatoms. The van der Waals surface area contributed by atoms with Crippen LogP contribution in [0.1, 0.15) is 30.4 Å². The maximum Gasteiger partial charge on any atom is 0.304 e. The third-order valence-electron chi connectivity index (χ3n) is 5.95. The Morgan fingerprint density at radius 2 is 1.79 bits per heavy atom. The number of carboxylic acids is 1. The van der Waals surface area contributed by atoms with Gasteiger partial charge in [-0.1, -0.05) is 30.3 Å². The Hall–Kier alpha value is -3.81. The van der Waals surface area contributed by atoms with Gasteiger partial charge in [-0.15, -0.1) is 0 Å². The Balaban J connectivity index is 1.66. The molecule has 2 amide bonds. The Bertz CT molecular complexity index is 1120. The number of aromatic nitrogens is 1. The summed E-state index contributed by atoms with van der Waals surface area (Å²) in [6, 6.07) is 14.6. The number of likely N-dealkylation sites (N-methyl/N-ethyl adjacent to an activating group) is 1. The van der Waals surface area contributed by atoms with Crippen LogP contribution in [0.25, 0.3) is 10.9 Å². The number of ether oxygens (including phenoxy) is 1. The summed E-state index contributed by atoms with van der Waals surface area (Å²) in [5.74, 6) is -1.76. The minimum atomic E-state index is -1.04. The molecule has 1 aromatic heterocycles. The molecule has 0 bridgehead atoms. The zero-order valence-corrected chi connectivity index (χ0v) is 19.5. The maximum atomic E-state index is 13.0. The summed E-state index contributed by atoms with van der Waals surface area (Å²) in [5.41, 5.74) is 2.93. The maximum absolute atomic E-state index is 13.0. The van der Waals surface area contributed by atoms with Gasteiger partial charge in [-0.2, -0.15) is 0 Å². The van der Waals surface area contributed by atoms with Gasteiger partial charge < -0.3 is 25.5 Å². The first kappa shape index (κ1) is 24.8. The quantitative estimate of drug-likeness (QED) is 0.328. The molecule has 1 heterocycles. The van der Waals surface area contributed by atoms with Gasteiger partial charge in [-0.25, -0.2) is 0 Å². The van der Waals surface area contributed by atoms with Crippen LogP contribution in [0, 0.1) is 5.92 Å². The van der Waals surface area contributed by atoms with Gasteiger partial charge in [0.15, 0.2) is 0 Å². The molecular formula is C26H31N3O5. The van der Waals surface area contributed by atoms with Gasteiger partial charge in [0, 0.05) is 36.5 Å². The lowest BCUT2D eigenvalue weighted by Crippen LogP contribution is -2.49. The van der Waals surface area contributed by atoms with Crippen molar-refractivity contribution in [3.63, 3.8) is 0 Å². The molecule has 0 aliphatic carbocycles. The lowest BCUT2D eigenvalue weighted by atomic mass is 9.94. The minimum Gasteiger partial charge on any atom is -0.497 e. The molecular weight excluding hydrogens is 434 g/mol. The van der Waals surface area contributed by atoms with E-state index in [0.29, 0.717) is 25.7 Å². The number of carbonyl (C=O) groups is 3. The number of aliphatic carboxylic acids is 1. The van der Waals surface area contributed by atoms with Crippen LogP contribution in [0.5, 0.6) is 5.75 Å². The summed E-state index contributed by atoms with van der Waals surface area (Å²) in [4.78, 5) is 40.2. The summed E-state index contributed by atoms with van der Waals surface area (Å²) in [6.45, 7) is 0. The van der Waals surface area contributed by atoms with Crippen molar-refractivity contribution in [1.82, 2.24) is 15.6 Å². The number of para-hydroxylation sites is 1. The van der Waals surface area contributed by atoms with Crippen LogP contribution in [0.15, 0.2) is 54.7 Å². The number of nitrogens with one attached hydrogen (secondary N) is 3. The topological polar surface area (TPSA) is 121 Å². The molecule has 4 N–H and O–H groups in total. The third kappa shape index (κ3) is 6.60. The fourth-order valence-corrected chi connectivity index (χ4v) is 4.07. The second kappa shape index (κ2) is 11.9. The average molecular weight is 466 g/mol. The number of carbonyl (C=O) groups excluding carboxylic acids is 2. The standard InChI is InChI=1S/C26H31N3O5/c1-27-26(33)23(14-19-16-28-22-9-4-3-8-21(19)22)29-25(32)18(15-24(30)31)7-5-6-17-10-12-20(34-2)13-11-17/h3-4,8-13,16,18,23,28H,5-7,14-15H2,1-2H3,(H,27,33)(H,29,32)(H,30,31)/t18-,23+/m1/s1. The molecule has 0 spiro atoms. The number of rotatable bonds is 12. The number of hydrogen-bond donors (Lipinski definition) is 4. The zero-order valence-electron chi connectivity index (χ0n) is 19.5. The number of aromatic amines is 1. The van der Waals surface area contributed by atoms with Gasteiger partial charge in [0.1, 0.15) is 11.8 Å². The largest absolute Gasteiger partial charge is 0.497 e. The van der Waals surface area contributed by atoms with Gasteiger partial charge >= 0.3 is 5.97 Å². The number of methoxy groups -OCH3 is 1. The van der Waals surface area contributed by atoms with Crippen molar-refractivity contribution in [2.24, 2.45) is 5.92 Å². The summed E-state index contributed by atoms with van der Waals surface area (Å²) >= 11 is 0. The average Bonchev–Trinajstić information content (AvgIpc) is 3.25. The fourth-order valence-electron chi connectivity index (χ4n) is 4.07. The van der Waals surface area contributed by atoms with Crippen LogP contribution >= 0.6 is 0 Å². The van der Waals surface area contributed by atoms with E-state index in [2.05, 4.69) is 15.6 Å². The molecule has 0 saturated heterocycles. The van der Waals surface area contributed by atoms with Gasteiger partial charge in [0.2, 0.25) is 11.8 Å². The molecule has 180 valence electrons. The molecule has 2 aromatic carbocycles. The molecule has 0 fully saturated rings. The predicted octanol–water partition coefficient (Wildman–Crippen LogP) is 3.06. The smallest absolute Gasteiger partial charge is 0.304 e. The van der Waals surface area contributed by atoms with Crippen molar-refractivity contribution in [2.45, 2.75) is 38.1 Å². The van der Waals surface area contributed by atoms with Gasteiger partial charge in [-0.05, 0) is 48.6 Å². The minimum absolute atomic E-state index is 0.290. The SMILES string of the molecule is CNC(=O)[C@H](Cc1c[nH]c2ccccc12)NC(=O)[C@H](CCCc1ccc(OC)cc1)CC(=O)O. The molecule has 2 atom stereocenters. The highest BCUT2D eigenvalue weighted by Gasteiger charge is 2.27.